The third-order valence-corrected chi connectivity index (χ3v) is 6.45. The zero-order valence-electron chi connectivity index (χ0n) is 17.3. The van der Waals surface area contributed by atoms with Gasteiger partial charge in [0.1, 0.15) is 0 Å². The van der Waals surface area contributed by atoms with Crippen LogP contribution < -0.4 is 0 Å². The number of nitrogens with zero attached hydrogens (tertiary/aromatic N) is 5. The highest BCUT2D eigenvalue weighted by molar-refractivity contribution is 8.00. The average Bonchev–Trinajstić information content (AvgIpc) is 2.99. The van der Waals surface area contributed by atoms with E-state index in [1.165, 1.54) is 30.2 Å². The summed E-state index contributed by atoms with van der Waals surface area (Å²) < 4.78 is 2.10. The van der Waals surface area contributed by atoms with Gasteiger partial charge in [-0.15, -0.1) is 10.2 Å². The van der Waals surface area contributed by atoms with E-state index in [-0.39, 0.29) is 11.2 Å². The molecule has 7 heteroatoms. The van der Waals surface area contributed by atoms with E-state index in [0.29, 0.717) is 6.54 Å². The molecule has 0 radical (unpaired) electrons. The molecule has 1 aromatic carbocycles. The quantitative estimate of drug-likeness (QED) is 0.556. The number of carbonyl (C=O) groups excluding carboxylic acids is 1. The van der Waals surface area contributed by atoms with Crippen molar-refractivity contribution in [3.05, 3.63) is 60.4 Å². The molecule has 1 fully saturated rings. The van der Waals surface area contributed by atoms with Crippen molar-refractivity contribution in [2.45, 2.75) is 49.6 Å². The summed E-state index contributed by atoms with van der Waals surface area (Å²) in [5.74, 6) is 0.986. The smallest absolute Gasteiger partial charge is 0.235 e. The molecule has 0 aliphatic carbocycles. The van der Waals surface area contributed by atoms with E-state index in [2.05, 4.69) is 31.9 Å². The van der Waals surface area contributed by atoms with Gasteiger partial charge in [-0.05, 0) is 37.5 Å². The minimum Gasteiger partial charge on any atom is -0.342 e. The van der Waals surface area contributed by atoms with Crippen LogP contribution in [0.2, 0.25) is 0 Å². The zero-order valence-corrected chi connectivity index (χ0v) is 18.1. The molecule has 1 atom stereocenters. The molecular formula is C23H27N5OS. The first-order chi connectivity index (χ1) is 14.7. The first-order valence-electron chi connectivity index (χ1n) is 10.6. The predicted octanol–water partition coefficient (Wildman–Crippen LogP) is 4.27. The summed E-state index contributed by atoms with van der Waals surface area (Å²) in [5.41, 5.74) is 2.13. The first kappa shape index (κ1) is 20.6. The summed E-state index contributed by atoms with van der Waals surface area (Å²) in [6, 6.07) is 14.1. The number of likely N-dealkylation sites (tertiary alicyclic amines) is 1. The van der Waals surface area contributed by atoms with Crippen LogP contribution in [0.4, 0.5) is 0 Å². The van der Waals surface area contributed by atoms with Crippen LogP contribution in [0.15, 0.2) is 60.0 Å². The van der Waals surface area contributed by atoms with E-state index in [1.807, 2.05) is 42.2 Å². The fourth-order valence-corrected chi connectivity index (χ4v) is 4.69. The number of rotatable bonds is 6. The predicted molar refractivity (Wildman–Crippen MR) is 119 cm³/mol. The molecule has 6 nitrogen and oxygen atoms in total. The molecule has 0 unspecified atom stereocenters. The Balaban J connectivity index is 1.59. The van der Waals surface area contributed by atoms with Gasteiger partial charge in [0.25, 0.3) is 0 Å². The number of amides is 1. The average molecular weight is 422 g/mol. The molecule has 30 heavy (non-hydrogen) atoms. The van der Waals surface area contributed by atoms with Gasteiger partial charge >= 0.3 is 0 Å². The van der Waals surface area contributed by atoms with Crippen molar-refractivity contribution < 1.29 is 4.79 Å². The van der Waals surface area contributed by atoms with Gasteiger partial charge in [-0.2, -0.15) is 0 Å². The van der Waals surface area contributed by atoms with Gasteiger partial charge in [-0.1, -0.05) is 54.9 Å². The normalized spacial score (nSPS) is 15.6. The van der Waals surface area contributed by atoms with Gasteiger partial charge in [0.05, 0.1) is 11.8 Å². The Kier molecular flexibility index (Phi) is 6.79. The molecule has 3 aromatic rings. The highest BCUT2D eigenvalue weighted by Gasteiger charge is 2.25. The molecule has 0 bridgehead atoms. The topological polar surface area (TPSA) is 63.9 Å². The van der Waals surface area contributed by atoms with Crippen LogP contribution in [0.25, 0.3) is 11.4 Å². The molecule has 1 aliphatic heterocycles. The number of pyridine rings is 1. The van der Waals surface area contributed by atoms with E-state index in [0.717, 1.165) is 42.5 Å². The van der Waals surface area contributed by atoms with E-state index in [9.17, 15) is 4.79 Å². The maximum Gasteiger partial charge on any atom is 0.235 e. The van der Waals surface area contributed by atoms with E-state index in [4.69, 9.17) is 0 Å². The number of aromatic nitrogens is 4. The Bertz CT molecular complexity index is 952. The van der Waals surface area contributed by atoms with E-state index in [1.54, 1.807) is 12.4 Å². The first-order valence-corrected chi connectivity index (χ1v) is 11.4. The molecular weight excluding hydrogens is 394 g/mol. The summed E-state index contributed by atoms with van der Waals surface area (Å²) in [5, 5.41) is 9.48. The van der Waals surface area contributed by atoms with Crippen molar-refractivity contribution in [3.63, 3.8) is 0 Å². The van der Waals surface area contributed by atoms with Crippen LogP contribution >= 0.6 is 11.8 Å². The second-order valence-electron chi connectivity index (χ2n) is 7.61. The van der Waals surface area contributed by atoms with E-state index < -0.39 is 0 Å². The second kappa shape index (κ2) is 9.89. The van der Waals surface area contributed by atoms with Gasteiger partial charge in [-0.25, -0.2) is 0 Å². The fourth-order valence-electron chi connectivity index (χ4n) is 3.76. The van der Waals surface area contributed by atoms with Crippen LogP contribution in [-0.2, 0) is 11.3 Å². The monoisotopic (exact) mass is 421 g/mol. The van der Waals surface area contributed by atoms with Gasteiger partial charge in [0.15, 0.2) is 11.0 Å². The van der Waals surface area contributed by atoms with Gasteiger partial charge in [0, 0.05) is 31.0 Å². The summed E-state index contributed by atoms with van der Waals surface area (Å²) in [6.45, 7) is 4.36. The molecule has 4 rings (SSSR count). The number of carbonyl (C=O) groups is 1. The van der Waals surface area contributed by atoms with Crippen molar-refractivity contribution in [2.24, 2.45) is 0 Å². The Hall–Kier alpha value is -2.67. The van der Waals surface area contributed by atoms with Crippen LogP contribution in [-0.4, -0.2) is 48.9 Å². The number of hydrogen-bond acceptors (Lipinski definition) is 5. The molecule has 0 N–H and O–H groups in total. The second-order valence-corrected chi connectivity index (χ2v) is 8.92. The maximum absolute atomic E-state index is 13.0. The summed E-state index contributed by atoms with van der Waals surface area (Å²) in [7, 11) is 0. The van der Waals surface area contributed by atoms with Crippen molar-refractivity contribution in [2.75, 3.05) is 13.1 Å². The highest BCUT2D eigenvalue weighted by Crippen LogP contribution is 2.29. The lowest BCUT2D eigenvalue weighted by molar-refractivity contribution is -0.130. The van der Waals surface area contributed by atoms with Crippen LogP contribution in [0.5, 0.6) is 0 Å². The molecule has 2 aromatic heterocycles. The lowest BCUT2D eigenvalue weighted by atomic mass is 10.2. The molecule has 0 saturated carbocycles. The molecule has 1 aliphatic rings. The van der Waals surface area contributed by atoms with Crippen molar-refractivity contribution >= 4 is 17.7 Å². The number of benzene rings is 1. The van der Waals surface area contributed by atoms with E-state index >= 15 is 0 Å². The highest BCUT2D eigenvalue weighted by atomic mass is 32.2. The molecule has 0 spiro atoms. The Morgan fingerprint density at radius 2 is 1.70 bits per heavy atom. The van der Waals surface area contributed by atoms with Crippen LogP contribution in [0, 0.1) is 0 Å². The lowest BCUT2D eigenvalue weighted by Crippen LogP contribution is -2.37. The Morgan fingerprint density at radius 3 is 2.40 bits per heavy atom. The lowest BCUT2D eigenvalue weighted by Gasteiger charge is -2.23. The van der Waals surface area contributed by atoms with Crippen LogP contribution in [0.1, 0.15) is 38.2 Å². The van der Waals surface area contributed by atoms with Gasteiger partial charge in [0.2, 0.25) is 5.91 Å². The summed E-state index contributed by atoms with van der Waals surface area (Å²) in [6.07, 6.45) is 8.14. The summed E-state index contributed by atoms with van der Waals surface area (Å²) >= 11 is 1.50. The van der Waals surface area contributed by atoms with Gasteiger partial charge in [-0.3, -0.25) is 14.3 Å². The van der Waals surface area contributed by atoms with Crippen molar-refractivity contribution in [1.29, 1.82) is 0 Å². The van der Waals surface area contributed by atoms with Crippen LogP contribution in [0.3, 0.4) is 0 Å². The third-order valence-electron chi connectivity index (χ3n) is 5.39. The molecule has 1 saturated heterocycles. The number of hydrogen-bond donors (Lipinski definition) is 0. The minimum absolute atomic E-state index is 0.196. The molecule has 156 valence electrons. The minimum atomic E-state index is -0.202. The molecule has 3 heterocycles. The van der Waals surface area contributed by atoms with Crippen molar-refractivity contribution in [1.82, 2.24) is 24.6 Å². The largest absolute Gasteiger partial charge is 0.342 e. The fraction of sp³-hybridized carbons (Fsp3) is 0.391. The third kappa shape index (κ3) is 4.90. The van der Waals surface area contributed by atoms with Crippen molar-refractivity contribution in [3.8, 4) is 11.4 Å². The number of thioether (sulfide) groups is 1. The molecule has 1 amide bonds. The SMILES string of the molecule is C[C@H](Sc1nnc(-c2ccncc2)n1Cc1ccccc1)C(=O)N1CCCCCC1. The Morgan fingerprint density at radius 1 is 1.00 bits per heavy atom. The standard InChI is InChI=1S/C23H27N5OS/c1-18(22(29)27-15-7-2-3-8-16-27)30-23-26-25-21(20-11-13-24-14-12-20)28(23)17-19-9-5-4-6-10-19/h4-6,9-14,18H,2-3,7-8,15-17H2,1H3/t18-/m0/s1. The zero-order chi connectivity index (χ0) is 20.8. The summed E-state index contributed by atoms with van der Waals surface area (Å²) in [4.78, 5) is 19.2. The maximum atomic E-state index is 13.0. The Labute approximate surface area is 181 Å². The van der Waals surface area contributed by atoms with Gasteiger partial charge < -0.3 is 4.90 Å².